The molecule has 26 heavy (non-hydrogen) atoms. The monoisotopic (exact) mass is 379 g/mol. The van der Waals surface area contributed by atoms with Crippen molar-refractivity contribution < 1.29 is 18.0 Å². The van der Waals surface area contributed by atoms with Crippen LogP contribution in [0.2, 0.25) is 0 Å². The zero-order valence-electron chi connectivity index (χ0n) is 15.3. The van der Waals surface area contributed by atoms with Crippen molar-refractivity contribution in [3.63, 3.8) is 0 Å². The van der Waals surface area contributed by atoms with Gasteiger partial charge in [-0.1, -0.05) is 0 Å². The summed E-state index contributed by atoms with van der Waals surface area (Å²) in [5.74, 6) is -0.499. The summed E-state index contributed by atoms with van der Waals surface area (Å²) in [5, 5.41) is 2.79. The molecule has 2 amide bonds. The van der Waals surface area contributed by atoms with Crippen molar-refractivity contribution >= 4 is 27.5 Å². The Bertz CT molecular complexity index is 800. The van der Waals surface area contributed by atoms with E-state index in [1.807, 2.05) is 4.90 Å². The Morgan fingerprint density at radius 1 is 1.23 bits per heavy atom. The number of carbonyl (C=O) groups is 2. The number of amides is 2. The molecule has 1 aliphatic carbocycles. The predicted octanol–water partition coefficient (Wildman–Crippen LogP) is 1.66. The minimum atomic E-state index is -3.55. The molecule has 0 aromatic heterocycles. The summed E-state index contributed by atoms with van der Waals surface area (Å²) in [5.41, 5.74) is 0.526. The number of nitrogens with zero attached hydrogens (tertiary/aromatic N) is 2. The molecule has 142 valence electrons. The third-order valence-corrected chi connectivity index (χ3v) is 7.09. The molecule has 1 aromatic rings. The van der Waals surface area contributed by atoms with Crippen LogP contribution >= 0.6 is 0 Å². The fourth-order valence-corrected chi connectivity index (χ4v) is 4.41. The van der Waals surface area contributed by atoms with Gasteiger partial charge in [-0.15, -0.1) is 0 Å². The largest absolute Gasteiger partial charge is 0.339 e. The van der Waals surface area contributed by atoms with Crippen LogP contribution < -0.4 is 5.32 Å². The molecule has 3 rings (SSSR count). The van der Waals surface area contributed by atoms with E-state index in [1.165, 1.54) is 16.4 Å². The van der Waals surface area contributed by atoms with Crippen LogP contribution in [0.5, 0.6) is 0 Å². The van der Waals surface area contributed by atoms with Crippen molar-refractivity contribution in [3.05, 3.63) is 24.3 Å². The van der Waals surface area contributed by atoms with E-state index in [-0.39, 0.29) is 35.1 Å². The summed E-state index contributed by atoms with van der Waals surface area (Å²) in [6.07, 6.45) is 2.30. The van der Waals surface area contributed by atoms with Crippen molar-refractivity contribution in [2.75, 3.05) is 18.9 Å². The van der Waals surface area contributed by atoms with Crippen LogP contribution in [0.25, 0.3) is 0 Å². The van der Waals surface area contributed by atoms with E-state index in [4.69, 9.17) is 0 Å². The first kappa shape index (κ1) is 18.8. The van der Waals surface area contributed by atoms with Gasteiger partial charge in [0.15, 0.2) is 0 Å². The highest BCUT2D eigenvalue weighted by atomic mass is 32.2. The number of hydrogen-bond acceptors (Lipinski definition) is 4. The lowest BCUT2D eigenvalue weighted by Crippen LogP contribution is -2.33. The maximum atomic E-state index is 12.5. The smallest absolute Gasteiger partial charge is 0.243 e. The molecule has 0 spiro atoms. The molecule has 1 saturated heterocycles. The number of nitrogens with one attached hydrogen (secondary N) is 1. The molecule has 7 nitrogen and oxygen atoms in total. The van der Waals surface area contributed by atoms with Crippen LogP contribution in [0.4, 0.5) is 5.69 Å². The van der Waals surface area contributed by atoms with E-state index in [1.54, 1.807) is 33.0 Å². The maximum absolute atomic E-state index is 12.5. The second-order valence-electron chi connectivity index (χ2n) is 7.31. The van der Waals surface area contributed by atoms with Gasteiger partial charge in [-0.25, -0.2) is 8.42 Å². The molecule has 0 unspecified atom stereocenters. The van der Waals surface area contributed by atoms with Crippen molar-refractivity contribution in [1.82, 2.24) is 9.21 Å². The zero-order valence-corrected chi connectivity index (χ0v) is 16.1. The number of sulfonamides is 1. The number of anilines is 1. The van der Waals surface area contributed by atoms with Gasteiger partial charge in [0.2, 0.25) is 21.8 Å². The first-order valence-corrected chi connectivity index (χ1v) is 10.3. The van der Waals surface area contributed by atoms with Crippen molar-refractivity contribution in [2.45, 2.75) is 50.1 Å². The number of rotatable bonds is 6. The Kier molecular flexibility index (Phi) is 5.07. The molecular weight excluding hydrogens is 354 g/mol. The normalized spacial score (nSPS) is 20.9. The molecule has 0 radical (unpaired) electrons. The van der Waals surface area contributed by atoms with Crippen LogP contribution in [-0.4, -0.2) is 55.1 Å². The van der Waals surface area contributed by atoms with Crippen LogP contribution in [0, 0.1) is 5.92 Å². The highest BCUT2D eigenvalue weighted by molar-refractivity contribution is 7.89. The summed E-state index contributed by atoms with van der Waals surface area (Å²) in [6, 6.07) is 6.31. The fraction of sp³-hybridized carbons (Fsp3) is 0.556. The molecule has 1 aliphatic heterocycles. The molecule has 2 aliphatic rings. The van der Waals surface area contributed by atoms with Gasteiger partial charge in [-0.2, -0.15) is 4.31 Å². The molecule has 1 aromatic carbocycles. The molecule has 8 heteroatoms. The van der Waals surface area contributed by atoms with Gasteiger partial charge in [0.05, 0.1) is 10.8 Å². The lowest BCUT2D eigenvalue weighted by atomic mass is 10.1. The quantitative estimate of drug-likeness (QED) is 0.814. The van der Waals surface area contributed by atoms with Gasteiger partial charge in [0.25, 0.3) is 0 Å². The molecular formula is C18H25N3O4S. The second kappa shape index (κ2) is 7.00. The van der Waals surface area contributed by atoms with E-state index in [0.717, 1.165) is 12.8 Å². The molecule has 1 saturated carbocycles. The summed E-state index contributed by atoms with van der Waals surface area (Å²) in [6.45, 7) is 4.08. The minimum absolute atomic E-state index is 0.0470. The van der Waals surface area contributed by atoms with Crippen LogP contribution in [0.3, 0.4) is 0 Å². The first-order chi connectivity index (χ1) is 12.2. The van der Waals surface area contributed by atoms with Crippen molar-refractivity contribution in [2.24, 2.45) is 5.92 Å². The van der Waals surface area contributed by atoms with Gasteiger partial charge in [0, 0.05) is 37.8 Å². The lowest BCUT2D eigenvalue weighted by Gasteiger charge is -2.21. The lowest BCUT2D eigenvalue weighted by molar-refractivity contribution is -0.128. The topological polar surface area (TPSA) is 86.8 Å². The van der Waals surface area contributed by atoms with Crippen molar-refractivity contribution in [3.8, 4) is 0 Å². The average molecular weight is 379 g/mol. The van der Waals surface area contributed by atoms with E-state index >= 15 is 0 Å². The standard InChI is InChI=1S/C18H25N3O4S/c1-12(2)20(3)26(24,25)16-8-4-14(5-9-16)19-18(23)13-10-17(22)21(11-13)15-6-7-15/h4-5,8-9,12-13,15H,6-7,10-11H2,1-3H3,(H,19,23)/t13-/m0/s1. The fourth-order valence-electron chi connectivity index (χ4n) is 3.04. The third kappa shape index (κ3) is 3.76. The minimum Gasteiger partial charge on any atom is -0.339 e. The summed E-state index contributed by atoms with van der Waals surface area (Å²) >= 11 is 0. The van der Waals surface area contributed by atoms with Gasteiger partial charge in [0.1, 0.15) is 0 Å². The van der Waals surface area contributed by atoms with E-state index in [9.17, 15) is 18.0 Å². The number of benzene rings is 1. The molecule has 1 atom stereocenters. The molecule has 1 heterocycles. The highest BCUT2D eigenvalue weighted by Crippen LogP contribution is 2.33. The molecule has 0 bridgehead atoms. The molecule has 1 N–H and O–H groups in total. The number of carbonyl (C=O) groups excluding carboxylic acids is 2. The Balaban J connectivity index is 1.64. The zero-order chi connectivity index (χ0) is 19.1. The Morgan fingerprint density at radius 2 is 1.85 bits per heavy atom. The summed E-state index contributed by atoms with van der Waals surface area (Å²) in [4.78, 5) is 26.4. The second-order valence-corrected chi connectivity index (χ2v) is 9.30. The van der Waals surface area contributed by atoms with Crippen LogP contribution in [0.15, 0.2) is 29.2 Å². The van der Waals surface area contributed by atoms with Crippen LogP contribution in [-0.2, 0) is 19.6 Å². The summed E-state index contributed by atoms with van der Waals surface area (Å²) in [7, 11) is -2.01. The Labute approximate surface area is 154 Å². The SMILES string of the molecule is CC(C)N(C)S(=O)(=O)c1ccc(NC(=O)[C@H]2CC(=O)N(C3CC3)C2)cc1. The van der Waals surface area contributed by atoms with Crippen LogP contribution in [0.1, 0.15) is 33.1 Å². The van der Waals surface area contributed by atoms with Gasteiger partial charge >= 0.3 is 0 Å². The Morgan fingerprint density at radius 3 is 2.38 bits per heavy atom. The van der Waals surface area contributed by atoms with Gasteiger partial charge in [-0.3, -0.25) is 9.59 Å². The van der Waals surface area contributed by atoms with Gasteiger partial charge in [-0.05, 0) is 51.0 Å². The van der Waals surface area contributed by atoms with E-state index in [0.29, 0.717) is 18.3 Å². The Hall–Kier alpha value is -1.93. The number of hydrogen-bond donors (Lipinski definition) is 1. The van der Waals surface area contributed by atoms with Gasteiger partial charge < -0.3 is 10.2 Å². The van der Waals surface area contributed by atoms with E-state index < -0.39 is 10.0 Å². The van der Waals surface area contributed by atoms with E-state index in [2.05, 4.69) is 5.32 Å². The predicted molar refractivity (Wildman–Crippen MR) is 98.0 cm³/mol. The first-order valence-electron chi connectivity index (χ1n) is 8.88. The van der Waals surface area contributed by atoms with Crippen molar-refractivity contribution in [1.29, 1.82) is 0 Å². The highest BCUT2D eigenvalue weighted by Gasteiger charge is 2.41. The third-order valence-electron chi connectivity index (χ3n) is 5.04. The molecule has 2 fully saturated rings. The number of likely N-dealkylation sites (tertiary alicyclic amines) is 1. The summed E-state index contributed by atoms with van der Waals surface area (Å²) < 4.78 is 26.2. The average Bonchev–Trinajstić information content (AvgIpc) is 3.36. The maximum Gasteiger partial charge on any atom is 0.243 e.